The number of aromatic nitrogens is 6. The number of carboxylic acid groups (broad SMARTS) is 1. The van der Waals surface area contributed by atoms with Crippen molar-refractivity contribution in [3.63, 3.8) is 0 Å². The molecule has 0 bridgehead atoms. The lowest BCUT2D eigenvalue weighted by molar-refractivity contribution is -0.671. The van der Waals surface area contributed by atoms with Crippen LogP contribution in [0.25, 0.3) is 0 Å². The summed E-state index contributed by atoms with van der Waals surface area (Å²) >= 11 is 0. The van der Waals surface area contributed by atoms with E-state index in [0.29, 0.717) is 19.6 Å². The summed E-state index contributed by atoms with van der Waals surface area (Å²) in [6, 6.07) is 0. The van der Waals surface area contributed by atoms with Crippen molar-refractivity contribution in [2.75, 3.05) is 0 Å². The van der Waals surface area contributed by atoms with Gasteiger partial charge in [0.25, 0.3) is 0 Å². The lowest BCUT2D eigenvalue weighted by Crippen LogP contribution is -2.39. The summed E-state index contributed by atoms with van der Waals surface area (Å²) < 4.78 is 12.1. The molecule has 3 aromatic rings. The first kappa shape index (κ1) is 17.9. The highest BCUT2D eigenvalue weighted by Gasteiger charge is 2.41. The molecule has 0 atom stereocenters. The fourth-order valence-electron chi connectivity index (χ4n) is 3.59. The Morgan fingerprint density at radius 3 is 1.38 bits per heavy atom. The molecule has 0 aliphatic rings. The molecule has 0 radical (unpaired) electrons. The maximum Gasteiger partial charge on any atom is 0.304 e. The van der Waals surface area contributed by atoms with Gasteiger partial charge in [-0.25, -0.2) is 27.4 Å². The standard InChI is InChI=1S/C18H26N6O2/c1-19-4-7-22(14-19)11-18(10-17(25)26,12-23-8-5-20(2)15-23)13-24-9-6-21(3)16-24/h4-9,14-16H,10-13H2,1-3H3/q+2/p+1. The summed E-state index contributed by atoms with van der Waals surface area (Å²) in [7, 11) is 5.90. The Labute approximate surface area is 152 Å². The molecule has 8 nitrogen and oxygen atoms in total. The average Bonchev–Trinajstić information content (AvgIpc) is 3.22. The first-order chi connectivity index (χ1) is 12.3. The fraction of sp³-hybridized carbons (Fsp3) is 0.444. The van der Waals surface area contributed by atoms with Gasteiger partial charge in [0, 0.05) is 0 Å². The molecule has 26 heavy (non-hydrogen) atoms. The van der Waals surface area contributed by atoms with Crippen LogP contribution in [0, 0.1) is 5.41 Å². The number of nitrogens with zero attached hydrogens (tertiary/aromatic N) is 6. The number of aryl methyl sites for hydroxylation is 3. The maximum atomic E-state index is 11.8. The third-order valence-corrected chi connectivity index (χ3v) is 4.55. The molecule has 0 aromatic carbocycles. The number of imidazole rings is 3. The molecular weight excluding hydrogens is 332 g/mol. The van der Waals surface area contributed by atoms with Crippen molar-refractivity contribution < 1.29 is 23.6 Å². The third kappa shape index (κ3) is 4.38. The van der Waals surface area contributed by atoms with Crippen molar-refractivity contribution in [3.8, 4) is 0 Å². The highest BCUT2D eigenvalue weighted by Crippen LogP contribution is 2.29. The zero-order valence-electron chi connectivity index (χ0n) is 15.6. The van der Waals surface area contributed by atoms with Gasteiger partial charge in [-0.15, -0.1) is 0 Å². The van der Waals surface area contributed by atoms with Crippen LogP contribution in [-0.2, 0) is 45.6 Å². The van der Waals surface area contributed by atoms with Crippen molar-refractivity contribution in [1.29, 1.82) is 0 Å². The Kier molecular flexibility index (Phi) is 4.92. The first-order valence-corrected chi connectivity index (χ1v) is 8.58. The van der Waals surface area contributed by atoms with E-state index in [1.54, 1.807) is 0 Å². The van der Waals surface area contributed by atoms with Gasteiger partial charge < -0.3 is 5.11 Å². The molecule has 1 N–H and O–H groups in total. The first-order valence-electron chi connectivity index (χ1n) is 8.58. The molecule has 0 aliphatic heterocycles. The van der Waals surface area contributed by atoms with Gasteiger partial charge in [-0.1, -0.05) is 0 Å². The Morgan fingerprint density at radius 1 is 0.808 bits per heavy atom. The highest BCUT2D eigenvalue weighted by atomic mass is 16.4. The molecule has 0 saturated heterocycles. The van der Waals surface area contributed by atoms with Gasteiger partial charge in [-0.3, -0.25) is 4.79 Å². The molecule has 138 valence electrons. The van der Waals surface area contributed by atoms with Crippen LogP contribution < -0.4 is 13.7 Å². The minimum Gasteiger partial charge on any atom is -0.481 e. The van der Waals surface area contributed by atoms with Crippen molar-refractivity contribution in [3.05, 3.63) is 56.2 Å². The Bertz CT molecular complexity index is 788. The average molecular weight is 359 g/mol. The minimum absolute atomic E-state index is 0.0820. The van der Waals surface area contributed by atoms with Gasteiger partial charge in [0.05, 0.1) is 33.0 Å². The van der Waals surface area contributed by atoms with E-state index in [1.165, 1.54) is 0 Å². The molecule has 3 aromatic heterocycles. The summed E-state index contributed by atoms with van der Waals surface area (Å²) in [4.78, 5) is 11.8. The van der Waals surface area contributed by atoms with Gasteiger partial charge in [-0.05, 0) is 0 Å². The van der Waals surface area contributed by atoms with Crippen molar-refractivity contribution in [2.45, 2.75) is 26.1 Å². The van der Waals surface area contributed by atoms with Gasteiger partial charge >= 0.3 is 5.97 Å². The van der Waals surface area contributed by atoms with Gasteiger partial charge in [0.2, 0.25) is 19.0 Å². The van der Waals surface area contributed by atoms with E-state index in [0.717, 1.165) is 0 Å². The third-order valence-electron chi connectivity index (χ3n) is 4.55. The fourth-order valence-corrected chi connectivity index (χ4v) is 3.59. The Hall–Kier alpha value is -2.90. The minimum atomic E-state index is -0.783. The predicted molar refractivity (Wildman–Crippen MR) is 91.5 cm³/mol. The second-order valence-corrected chi connectivity index (χ2v) is 7.32. The van der Waals surface area contributed by atoms with E-state index in [9.17, 15) is 9.90 Å². The lowest BCUT2D eigenvalue weighted by Gasteiger charge is -2.27. The number of aliphatic carboxylic acids is 1. The van der Waals surface area contributed by atoms with Gasteiger partial charge in [0.1, 0.15) is 56.8 Å². The van der Waals surface area contributed by atoms with Crippen LogP contribution in [0.2, 0.25) is 0 Å². The van der Waals surface area contributed by atoms with Crippen molar-refractivity contribution in [1.82, 2.24) is 13.7 Å². The molecule has 0 spiro atoms. The largest absolute Gasteiger partial charge is 0.481 e. The van der Waals surface area contributed by atoms with Crippen molar-refractivity contribution >= 4 is 5.97 Å². The molecular formula is C18H27N6O2+3. The number of carboxylic acids is 1. The molecule has 0 fully saturated rings. The zero-order valence-corrected chi connectivity index (χ0v) is 15.6. The Balaban J connectivity index is 1.97. The molecule has 0 unspecified atom stereocenters. The summed E-state index contributed by atoms with van der Waals surface area (Å²) in [5.74, 6) is -0.783. The van der Waals surface area contributed by atoms with E-state index in [2.05, 4.69) is 13.7 Å². The van der Waals surface area contributed by atoms with E-state index >= 15 is 0 Å². The van der Waals surface area contributed by atoms with Crippen LogP contribution in [0.15, 0.2) is 56.2 Å². The van der Waals surface area contributed by atoms with Gasteiger partial charge in [-0.2, -0.15) is 0 Å². The van der Waals surface area contributed by atoms with Crippen LogP contribution in [0.4, 0.5) is 0 Å². The number of rotatable bonds is 8. The van der Waals surface area contributed by atoms with Crippen LogP contribution in [-0.4, -0.2) is 24.8 Å². The van der Waals surface area contributed by atoms with Crippen molar-refractivity contribution in [2.24, 2.45) is 26.6 Å². The summed E-state index contributed by atoms with van der Waals surface area (Å²) in [6.07, 6.45) is 17.9. The van der Waals surface area contributed by atoms with Gasteiger partial charge in [0.15, 0.2) is 0 Å². The zero-order chi connectivity index (χ0) is 18.7. The summed E-state index contributed by atoms with van der Waals surface area (Å²) in [5, 5.41) is 9.66. The molecule has 0 saturated carbocycles. The SMILES string of the molecule is C[n+]1ccn(CC(CC(=O)O)(Cn2cc[n+](C)c2)Cn2cc[n+](C)c2)c1. The monoisotopic (exact) mass is 359 g/mol. The second-order valence-electron chi connectivity index (χ2n) is 7.32. The molecule has 3 rings (SSSR count). The smallest absolute Gasteiger partial charge is 0.304 e. The molecule has 3 heterocycles. The number of carbonyl (C=O) groups is 1. The second kappa shape index (κ2) is 7.15. The van der Waals surface area contributed by atoms with E-state index in [4.69, 9.17) is 0 Å². The topological polar surface area (TPSA) is 63.7 Å². The summed E-state index contributed by atoms with van der Waals surface area (Å²) in [6.45, 7) is 1.85. The Morgan fingerprint density at radius 2 is 1.15 bits per heavy atom. The quantitative estimate of drug-likeness (QED) is 0.548. The normalized spacial score (nSPS) is 11.8. The van der Waals surface area contributed by atoms with Crippen LogP contribution >= 0.6 is 0 Å². The molecule has 0 amide bonds. The van der Waals surface area contributed by atoms with E-state index in [1.807, 2.05) is 91.0 Å². The van der Waals surface area contributed by atoms with Crippen LogP contribution in [0.1, 0.15) is 6.42 Å². The van der Waals surface area contributed by atoms with E-state index in [-0.39, 0.29) is 6.42 Å². The van der Waals surface area contributed by atoms with Crippen LogP contribution in [0.5, 0.6) is 0 Å². The predicted octanol–water partition coefficient (Wildman–Crippen LogP) is -0.574. The van der Waals surface area contributed by atoms with E-state index < -0.39 is 11.4 Å². The maximum absolute atomic E-state index is 11.8. The highest BCUT2D eigenvalue weighted by molar-refractivity contribution is 5.67. The number of hydrogen-bond donors (Lipinski definition) is 1. The van der Waals surface area contributed by atoms with Crippen LogP contribution in [0.3, 0.4) is 0 Å². The molecule has 0 aliphatic carbocycles. The molecule has 8 heteroatoms. The lowest BCUT2D eigenvalue weighted by atomic mass is 9.83. The number of hydrogen-bond acceptors (Lipinski definition) is 1. The summed E-state index contributed by atoms with van der Waals surface area (Å²) in [5.41, 5.74) is -0.476.